The Morgan fingerprint density at radius 2 is 1.54 bits per heavy atom. The van der Waals surface area contributed by atoms with Crippen LogP contribution in [0.15, 0.2) is 97.1 Å². The van der Waals surface area contributed by atoms with E-state index in [1.165, 1.54) is 12.1 Å². The summed E-state index contributed by atoms with van der Waals surface area (Å²) < 4.78 is 19.7. The van der Waals surface area contributed by atoms with E-state index in [0.717, 1.165) is 47.6 Å². The zero-order valence-electron chi connectivity index (χ0n) is 21.9. The van der Waals surface area contributed by atoms with Crippen LogP contribution in [0.5, 0.6) is 5.75 Å². The lowest BCUT2D eigenvalue weighted by Crippen LogP contribution is -2.53. The summed E-state index contributed by atoms with van der Waals surface area (Å²) in [5, 5.41) is 5.13. The molecule has 0 aromatic heterocycles. The molecular formula is C33H33FN2O3. The number of fused-ring (bicyclic) bond motifs is 1. The Balaban J connectivity index is 1.43. The van der Waals surface area contributed by atoms with E-state index in [9.17, 15) is 14.0 Å². The molecule has 0 heterocycles. The van der Waals surface area contributed by atoms with E-state index < -0.39 is 6.04 Å². The van der Waals surface area contributed by atoms with Crippen molar-refractivity contribution in [2.45, 2.75) is 50.7 Å². The van der Waals surface area contributed by atoms with Crippen molar-refractivity contribution in [3.63, 3.8) is 0 Å². The van der Waals surface area contributed by atoms with Gasteiger partial charge < -0.3 is 15.0 Å². The molecule has 0 radical (unpaired) electrons. The number of carbonyl (C=O) groups is 2. The first-order valence-corrected chi connectivity index (χ1v) is 13.6. The second-order valence-electron chi connectivity index (χ2n) is 10.1. The van der Waals surface area contributed by atoms with Crippen molar-refractivity contribution in [3.05, 3.63) is 114 Å². The second kappa shape index (κ2) is 12.6. The Labute approximate surface area is 228 Å². The fourth-order valence-electron chi connectivity index (χ4n) is 5.25. The van der Waals surface area contributed by atoms with Crippen LogP contribution in [-0.4, -0.2) is 35.4 Å². The van der Waals surface area contributed by atoms with Crippen LogP contribution < -0.4 is 10.1 Å². The van der Waals surface area contributed by atoms with Gasteiger partial charge in [0.1, 0.15) is 17.6 Å². The molecule has 1 aliphatic carbocycles. The molecule has 6 heteroatoms. The molecule has 0 aliphatic heterocycles. The number of nitrogens with zero attached hydrogens (tertiary/aromatic N) is 1. The van der Waals surface area contributed by atoms with Gasteiger partial charge in [-0.3, -0.25) is 9.59 Å². The van der Waals surface area contributed by atoms with Gasteiger partial charge in [-0.05, 0) is 47.6 Å². The topological polar surface area (TPSA) is 58.6 Å². The third kappa shape index (κ3) is 6.82. The fourth-order valence-corrected chi connectivity index (χ4v) is 5.25. The highest BCUT2D eigenvalue weighted by Gasteiger charge is 2.32. The first-order chi connectivity index (χ1) is 19.1. The molecule has 1 saturated carbocycles. The molecule has 2 amide bonds. The first kappa shape index (κ1) is 26.4. The van der Waals surface area contributed by atoms with Gasteiger partial charge in [0.2, 0.25) is 5.91 Å². The summed E-state index contributed by atoms with van der Waals surface area (Å²) >= 11 is 0. The van der Waals surface area contributed by atoms with Crippen molar-refractivity contribution < 1.29 is 18.7 Å². The molecule has 1 aliphatic rings. The normalized spacial score (nSPS) is 14.2. The molecule has 1 fully saturated rings. The van der Waals surface area contributed by atoms with Gasteiger partial charge in [-0.2, -0.15) is 0 Å². The minimum Gasteiger partial charge on any atom is -0.483 e. The van der Waals surface area contributed by atoms with Crippen LogP contribution in [0, 0.1) is 5.82 Å². The lowest BCUT2D eigenvalue weighted by molar-refractivity contribution is -0.143. The van der Waals surface area contributed by atoms with E-state index in [1.807, 2.05) is 72.8 Å². The highest BCUT2D eigenvalue weighted by atomic mass is 19.1. The molecule has 4 aromatic rings. The molecule has 200 valence electrons. The van der Waals surface area contributed by atoms with Crippen LogP contribution in [0.4, 0.5) is 4.39 Å². The van der Waals surface area contributed by atoms with E-state index in [2.05, 4.69) is 5.32 Å². The molecule has 1 atom stereocenters. The fraction of sp³-hybridized carbons (Fsp3) is 0.273. The Kier molecular flexibility index (Phi) is 8.51. The minimum absolute atomic E-state index is 0.116. The number of hydrogen-bond acceptors (Lipinski definition) is 3. The highest BCUT2D eigenvalue weighted by molar-refractivity contribution is 5.90. The van der Waals surface area contributed by atoms with Crippen molar-refractivity contribution in [1.29, 1.82) is 0 Å². The first-order valence-electron chi connectivity index (χ1n) is 13.6. The largest absolute Gasteiger partial charge is 0.483 e. The zero-order valence-corrected chi connectivity index (χ0v) is 21.9. The number of amides is 2. The van der Waals surface area contributed by atoms with Crippen molar-refractivity contribution in [2.75, 3.05) is 6.61 Å². The van der Waals surface area contributed by atoms with Gasteiger partial charge in [0.25, 0.3) is 5.91 Å². The zero-order chi connectivity index (χ0) is 27.0. The molecule has 0 saturated heterocycles. The van der Waals surface area contributed by atoms with Gasteiger partial charge in [-0.1, -0.05) is 91.7 Å². The van der Waals surface area contributed by atoms with Crippen molar-refractivity contribution in [2.24, 2.45) is 0 Å². The van der Waals surface area contributed by atoms with E-state index >= 15 is 0 Å². The molecule has 1 unspecified atom stereocenters. The quantitative estimate of drug-likeness (QED) is 0.275. The van der Waals surface area contributed by atoms with Gasteiger partial charge in [-0.25, -0.2) is 4.39 Å². The number of benzene rings is 4. The van der Waals surface area contributed by atoms with Gasteiger partial charge in [-0.15, -0.1) is 0 Å². The lowest BCUT2D eigenvalue weighted by atomic mass is 10.0. The van der Waals surface area contributed by atoms with Gasteiger partial charge in [0, 0.05) is 24.4 Å². The van der Waals surface area contributed by atoms with E-state index in [0.29, 0.717) is 12.2 Å². The highest BCUT2D eigenvalue weighted by Crippen LogP contribution is 2.26. The predicted octanol–water partition coefficient (Wildman–Crippen LogP) is 6.06. The maximum Gasteiger partial charge on any atom is 0.261 e. The van der Waals surface area contributed by atoms with Crippen molar-refractivity contribution in [1.82, 2.24) is 10.2 Å². The smallest absolute Gasteiger partial charge is 0.261 e. The summed E-state index contributed by atoms with van der Waals surface area (Å²) in [5.74, 6) is -0.227. The minimum atomic E-state index is -0.748. The monoisotopic (exact) mass is 524 g/mol. The molecule has 39 heavy (non-hydrogen) atoms. The Morgan fingerprint density at radius 1 is 0.846 bits per heavy atom. The number of hydrogen-bond donors (Lipinski definition) is 1. The number of rotatable bonds is 10. The summed E-state index contributed by atoms with van der Waals surface area (Å²) in [7, 11) is 0. The molecule has 5 nitrogen and oxygen atoms in total. The number of carbonyl (C=O) groups excluding carboxylic acids is 2. The van der Waals surface area contributed by atoms with Crippen LogP contribution >= 0.6 is 0 Å². The maximum absolute atomic E-state index is 13.8. The lowest BCUT2D eigenvalue weighted by Gasteiger charge is -2.32. The number of ether oxygens (including phenoxy) is 1. The SMILES string of the molecule is O=C(NC1CCCC1)C(Cc1ccccc1)N(Cc1ccc(F)cc1)C(=O)COc1cccc2ccccc12. The van der Waals surface area contributed by atoms with Crippen LogP contribution in [0.3, 0.4) is 0 Å². The van der Waals surface area contributed by atoms with Gasteiger partial charge in [0.05, 0.1) is 0 Å². The Bertz CT molecular complexity index is 1400. The van der Waals surface area contributed by atoms with Gasteiger partial charge in [0.15, 0.2) is 6.61 Å². The van der Waals surface area contributed by atoms with Gasteiger partial charge >= 0.3 is 0 Å². The average molecular weight is 525 g/mol. The van der Waals surface area contributed by atoms with E-state index in [-0.39, 0.29) is 36.8 Å². The van der Waals surface area contributed by atoms with Crippen LogP contribution in [-0.2, 0) is 22.6 Å². The third-order valence-electron chi connectivity index (χ3n) is 7.34. The number of nitrogens with one attached hydrogen (secondary N) is 1. The Hall–Kier alpha value is -4.19. The Morgan fingerprint density at radius 3 is 2.31 bits per heavy atom. The summed E-state index contributed by atoms with van der Waals surface area (Å²) in [6, 6.07) is 28.7. The summed E-state index contributed by atoms with van der Waals surface area (Å²) in [6.45, 7) is -0.0647. The standard InChI is InChI=1S/C33H33FN2O3/c34-27-19-17-25(18-20-27)22-36(32(37)23-39-31-16-8-12-26-11-4-7-15-29(26)31)30(21-24-9-2-1-3-10-24)33(38)35-28-13-5-6-14-28/h1-4,7-12,15-20,28,30H,5-6,13-14,21-23H2,(H,35,38). The molecule has 0 bridgehead atoms. The molecule has 0 spiro atoms. The molecule has 4 aromatic carbocycles. The molecule has 5 rings (SSSR count). The van der Waals surface area contributed by atoms with Crippen LogP contribution in [0.2, 0.25) is 0 Å². The van der Waals surface area contributed by atoms with E-state index in [4.69, 9.17) is 4.74 Å². The maximum atomic E-state index is 13.8. The van der Waals surface area contributed by atoms with E-state index in [1.54, 1.807) is 17.0 Å². The molecular weight excluding hydrogens is 491 g/mol. The van der Waals surface area contributed by atoms with Crippen molar-refractivity contribution >= 4 is 22.6 Å². The average Bonchev–Trinajstić information content (AvgIpc) is 3.48. The summed E-state index contributed by atoms with van der Waals surface area (Å²) in [6.07, 6.45) is 4.43. The van der Waals surface area contributed by atoms with Crippen molar-refractivity contribution in [3.8, 4) is 5.75 Å². The summed E-state index contributed by atoms with van der Waals surface area (Å²) in [5.41, 5.74) is 1.69. The van der Waals surface area contributed by atoms with Crippen LogP contribution in [0.1, 0.15) is 36.8 Å². The number of halogens is 1. The molecule has 1 N–H and O–H groups in total. The van der Waals surface area contributed by atoms with Crippen LogP contribution in [0.25, 0.3) is 10.8 Å². The second-order valence-corrected chi connectivity index (χ2v) is 10.1. The summed E-state index contributed by atoms with van der Waals surface area (Å²) in [4.78, 5) is 29.2. The predicted molar refractivity (Wildman–Crippen MR) is 151 cm³/mol. The third-order valence-corrected chi connectivity index (χ3v) is 7.34.